The van der Waals surface area contributed by atoms with Crippen LogP contribution in [0.15, 0.2) is 12.1 Å². The number of rotatable bonds is 2. The molecule has 3 N–H and O–H groups in total. The van der Waals surface area contributed by atoms with Gasteiger partial charge in [-0.25, -0.2) is 13.2 Å². The molecule has 5 heteroatoms. The van der Waals surface area contributed by atoms with Crippen molar-refractivity contribution in [2.75, 3.05) is 0 Å². The van der Waals surface area contributed by atoms with Gasteiger partial charge in [0.2, 0.25) is 0 Å². The van der Waals surface area contributed by atoms with Gasteiger partial charge in [-0.2, -0.15) is 0 Å². The zero-order valence-electron chi connectivity index (χ0n) is 8.39. The van der Waals surface area contributed by atoms with Crippen molar-refractivity contribution < 1.29 is 18.3 Å². The van der Waals surface area contributed by atoms with Gasteiger partial charge in [0.25, 0.3) is 0 Å². The molecule has 15 heavy (non-hydrogen) atoms. The Morgan fingerprint density at radius 1 is 1.13 bits per heavy atom. The summed E-state index contributed by atoms with van der Waals surface area (Å²) in [6, 6.07) is 1.00. The Hall–Kier alpha value is -1.07. The fraction of sp³-hybridized carbons (Fsp3) is 0.400. The van der Waals surface area contributed by atoms with Gasteiger partial charge in [0.05, 0.1) is 6.10 Å². The van der Waals surface area contributed by atoms with Crippen molar-refractivity contribution >= 4 is 0 Å². The molecule has 0 heterocycles. The highest BCUT2D eigenvalue weighted by Gasteiger charge is 2.28. The van der Waals surface area contributed by atoms with E-state index < -0.39 is 29.1 Å². The molecule has 0 amide bonds. The third kappa shape index (κ3) is 2.49. The van der Waals surface area contributed by atoms with E-state index in [1.165, 1.54) is 13.8 Å². The monoisotopic (exact) mass is 219 g/mol. The SMILES string of the molecule is CC(C)(N)C(O)c1cc(F)c(F)cc1F. The smallest absolute Gasteiger partial charge is 0.161 e. The minimum absolute atomic E-state index is 0.346. The van der Waals surface area contributed by atoms with Gasteiger partial charge in [-0.1, -0.05) is 0 Å². The third-order valence-electron chi connectivity index (χ3n) is 2.04. The minimum atomic E-state index is -1.40. The van der Waals surface area contributed by atoms with E-state index >= 15 is 0 Å². The maximum atomic E-state index is 13.2. The third-order valence-corrected chi connectivity index (χ3v) is 2.04. The fourth-order valence-electron chi connectivity index (χ4n) is 1.15. The van der Waals surface area contributed by atoms with E-state index in [1.54, 1.807) is 0 Å². The second kappa shape index (κ2) is 3.83. The summed E-state index contributed by atoms with van der Waals surface area (Å²) in [7, 11) is 0. The van der Waals surface area contributed by atoms with Crippen LogP contribution in [0.1, 0.15) is 25.5 Å². The molecule has 1 aromatic rings. The average Bonchev–Trinajstić information content (AvgIpc) is 2.08. The van der Waals surface area contributed by atoms with E-state index in [9.17, 15) is 18.3 Å². The Morgan fingerprint density at radius 2 is 1.60 bits per heavy atom. The summed E-state index contributed by atoms with van der Waals surface area (Å²) in [5.74, 6) is -3.52. The maximum Gasteiger partial charge on any atom is 0.161 e. The van der Waals surface area contributed by atoms with Gasteiger partial charge in [-0.3, -0.25) is 0 Å². The molecule has 1 atom stereocenters. The van der Waals surface area contributed by atoms with Crippen molar-refractivity contribution in [3.05, 3.63) is 35.1 Å². The highest BCUT2D eigenvalue weighted by Crippen LogP contribution is 2.27. The molecule has 2 nitrogen and oxygen atoms in total. The molecule has 1 rings (SSSR count). The van der Waals surface area contributed by atoms with Gasteiger partial charge >= 0.3 is 0 Å². The fourth-order valence-corrected chi connectivity index (χ4v) is 1.15. The van der Waals surface area contributed by atoms with Crippen LogP contribution in [0.25, 0.3) is 0 Å². The summed E-state index contributed by atoms with van der Waals surface area (Å²) in [5.41, 5.74) is 4.06. The van der Waals surface area contributed by atoms with Crippen LogP contribution in [0.5, 0.6) is 0 Å². The molecule has 0 aliphatic rings. The first-order valence-corrected chi connectivity index (χ1v) is 4.35. The molecule has 1 aromatic carbocycles. The molecule has 84 valence electrons. The molecule has 0 fully saturated rings. The highest BCUT2D eigenvalue weighted by molar-refractivity contribution is 5.24. The predicted octanol–water partition coefficient (Wildman–Crippen LogP) is 1.87. The number of benzene rings is 1. The number of aliphatic hydroxyl groups is 1. The van der Waals surface area contributed by atoms with Crippen LogP contribution >= 0.6 is 0 Å². The Kier molecular flexibility index (Phi) is 3.06. The van der Waals surface area contributed by atoms with Gasteiger partial charge in [-0.15, -0.1) is 0 Å². The van der Waals surface area contributed by atoms with E-state index in [2.05, 4.69) is 0 Å². The molecule has 0 saturated heterocycles. The zero-order valence-corrected chi connectivity index (χ0v) is 8.39. The molecule has 0 spiro atoms. The lowest BCUT2D eigenvalue weighted by Gasteiger charge is -2.26. The number of aliphatic hydroxyl groups excluding tert-OH is 1. The zero-order chi connectivity index (χ0) is 11.8. The molecule has 0 aliphatic heterocycles. The van der Waals surface area contributed by atoms with Gasteiger partial charge in [0.1, 0.15) is 5.82 Å². The van der Waals surface area contributed by atoms with E-state index in [-0.39, 0.29) is 5.56 Å². The molecule has 1 unspecified atom stereocenters. The summed E-state index contributed by atoms with van der Waals surface area (Å²) >= 11 is 0. The molecule has 0 radical (unpaired) electrons. The van der Waals surface area contributed by atoms with Gasteiger partial charge in [0, 0.05) is 17.2 Å². The van der Waals surface area contributed by atoms with Crippen molar-refractivity contribution in [2.24, 2.45) is 5.73 Å². The molecule has 0 saturated carbocycles. The van der Waals surface area contributed by atoms with Crippen molar-refractivity contribution in [1.29, 1.82) is 0 Å². The summed E-state index contributed by atoms with van der Waals surface area (Å²) in [6.07, 6.45) is -1.40. The Balaban J connectivity index is 3.21. The first-order chi connectivity index (χ1) is 6.73. The van der Waals surface area contributed by atoms with Crippen LogP contribution < -0.4 is 5.73 Å². The van der Waals surface area contributed by atoms with E-state index in [1.807, 2.05) is 0 Å². The largest absolute Gasteiger partial charge is 0.386 e. The summed E-state index contributed by atoms with van der Waals surface area (Å²) < 4.78 is 38.6. The Bertz CT molecular complexity index is 374. The summed E-state index contributed by atoms with van der Waals surface area (Å²) in [6.45, 7) is 2.91. The Morgan fingerprint density at radius 3 is 2.07 bits per heavy atom. The summed E-state index contributed by atoms with van der Waals surface area (Å²) in [4.78, 5) is 0. The first-order valence-electron chi connectivity index (χ1n) is 4.35. The maximum absolute atomic E-state index is 13.2. The molecular weight excluding hydrogens is 207 g/mol. The number of nitrogens with two attached hydrogens (primary N) is 1. The minimum Gasteiger partial charge on any atom is -0.386 e. The summed E-state index contributed by atoms with van der Waals surface area (Å²) in [5, 5.41) is 9.60. The van der Waals surface area contributed by atoms with Crippen molar-refractivity contribution in [3.8, 4) is 0 Å². The molecule has 0 aromatic heterocycles. The molecule has 0 aliphatic carbocycles. The lowest BCUT2D eigenvalue weighted by Crippen LogP contribution is -2.39. The second-order valence-corrected chi connectivity index (χ2v) is 4.01. The van der Waals surface area contributed by atoms with Crippen molar-refractivity contribution in [2.45, 2.75) is 25.5 Å². The van der Waals surface area contributed by atoms with Gasteiger partial charge < -0.3 is 10.8 Å². The standard InChI is InChI=1S/C10H12F3NO/c1-10(2,14)9(15)5-3-7(12)8(13)4-6(5)11/h3-4,9,15H,14H2,1-2H3. The second-order valence-electron chi connectivity index (χ2n) is 4.01. The first kappa shape index (κ1) is 12.0. The van der Waals surface area contributed by atoms with Crippen LogP contribution in [0.2, 0.25) is 0 Å². The normalized spacial score (nSPS) is 14.1. The highest BCUT2D eigenvalue weighted by atomic mass is 19.2. The van der Waals surface area contributed by atoms with E-state index in [0.29, 0.717) is 12.1 Å². The van der Waals surface area contributed by atoms with Crippen LogP contribution in [0.3, 0.4) is 0 Å². The lowest BCUT2D eigenvalue weighted by atomic mass is 9.92. The van der Waals surface area contributed by atoms with Crippen LogP contribution in [0, 0.1) is 17.5 Å². The quantitative estimate of drug-likeness (QED) is 0.746. The van der Waals surface area contributed by atoms with E-state index in [0.717, 1.165) is 0 Å². The lowest BCUT2D eigenvalue weighted by molar-refractivity contribution is 0.100. The Labute approximate surface area is 85.5 Å². The van der Waals surface area contributed by atoms with Crippen LogP contribution in [0.4, 0.5) is 13.2 Å². The predicted molar refractivity (Wildman–Crippen MR) is 49.5 cm³/mol. The number of hydrogen-bond donors (Lipinski definition) is 2. The topological polar surface area (TPSA) is 46.2 Å². The van der Waals surface area contributed by atoms with Gasteiger partial charge in [0.15, 0.2) is 11.6 Å². The van der Waals surface area contributed by atoms with Crippen molar-refractivity contribution in [1.82, 2.24) is 0 Å². The average molecular weight is 219 g/mol. The van der Waals surface area contributed by atoms with Crippen LogP contribution in [-0.4, -0.2) is 10.6 Å². The molecule has 0 bridgehead atoms. The molecular formula is C10H12F3NO. The van der Waals surface area contributed by atoms with E-state index in [4.69, 9.17) is 5.73 Å². The van der Waals surface area contributed by atoms with Crippen molar-refractivity contribution in [3.63, 3.8) is 0 Å². The number of hydrogen-bond acceptors (Lipinski definition) is 2. The van der Waals surface area contributed by atoms with Crippen LogP contribution in [-0.2, 0) is 0 Å². The number of halogens is 3. The van der Waals surface area contributed by atoms with Gasteiger partial charge in [-0.05, 0) is 19.9 Å².